The van der Waals surface area contributed by atoms with Gasteiger partial charge in [-0.2, -0.15) is 5.10 Å². The highest BCUT2D eigenvalue weighted by Gasteiger charge is 2.19. The molecule has 0 unspecified atom stereocenters. The molecule has 2 aromatic heterocycles. The fourth-order valence-corrected chi connectivity index (χ4v) is 3.44. The second-order valence-electron chi connectivity index (χ2n) is 7.69. The highest BCUT2D eigenvalue weighted by Crippen LogP contribution is 2.23. The molecular formula is C23H28N4O4. The zero-order valence-electron chi connectivity index (χ0n) is 18.8. The molecule has 2 heterocycles. The van der Waals surface area contributed by atoms with Crippen molar-refractivity contribution in [2.24, 2.45) is 0 Å². The Morgan fingerprint density at radius 2 is 1.84 bits per heavy atom. The van der Waals surface area contributed by atoms with Gasteiger partial charge in [0.05, 0.1) is 43.0 Å². The Morgan fingerprint density at radius 1 is 1.16 bits per heavy atom. The molecule has 0 aliphatic rings. The van der Waals surface area contributed by atoms with Crippen LogP contribution in [0.15, 0.2) is 34.7 Å². The van der Waals surface area contributed by atoms with Crippen LogP contribution in [-0.2, 0) is 16.1 Å². The molecule has 0 fully saturated rings. The standard InChI is InChI=1S/C23H28N4O4/c1-14-7-9-18(10-8-14)27-16(3)22(15(2)25-27)24-21(28)13-26(5)12-19-11-20(17(4)31-19)23(29)30-6/h7-11H,12-13H2,1-6H3,(H,24,28). The van der Waals surface area contributed by atoms with E-state index in [0.717, 1.165) is 17.1 Å². The van der Waals surface area contributed by atoms with Gasteiger partial charge in [0, 0.05) is 0 Å². The van der Waals surface area contributed by atoms with E-state index >= 15 is 0 Å². The van der Waals surface area contributed by atoms with Crippen molar-refractivity contribution in [3.05, 3.63) is 64.4 Å². The normalized spacial score (nSPS) is 11.1. The van der Waals surface area contributed by atoms with E-state index < -0.39 is 5.97 Å². The minimum Gasteiger partial charge on any atom is -0.465 e. The molecule has 0 spiro atoms. The molecule has 0 radical (unpaired) electrons. The quantitative estimate of drug-likeness (QED) is 0.584. The molecule has 0 aliphatic carbocycles. The second-order valence-corrected chi connectivity index (χ2v) is 7.69. The van der Waals surface area contributed by atoms with Crippen LogP contribution in [0.5, 0.6) is 0 Å². The minimum absolute atomic E-state index is 0.155. The summed E-state index contributed by atoms with van der Waals surface area (Å²) in [6.45, 7) is 8.08. The third kappa shape index (κ3) is 5.03. The maximum atomic E-state index is 12.6. The maximum Gasteiger partial charge on any atom is 0.341 e. The molecule has 3 rings (SSSR count). The number of nitrogens with one attached hydrogen (secondary N) is 1. The molecule has 1 N–H and O–H groups in total. The third-order valence-electron chi connectivity index (χ3n) is 5.05. The molecule has 0 bridgehead atoms. The van der Waals surface area contributed by atoms with Crippen molar-refractivity contribution in [2.75, 3.05) is 26.0 Å². The van der Waals surface area contributed by atoms with E-state index in [1.807, 2.05) is 61.7 Å². The second kappa shape index (κ2) is 9.18. The number of carbonyl (C=O) groups is 2. The smallest absolute Gasteiger partial charge is 0.341 e. The number of rotatable bonds is 7. The Kier molecular flexibility index (Phi) is 6.60. The lowest BCUT2D eigenvalue weighted by molar-refractivity contribution is -0.117. The van der Waals surface area contributed by atoms with Crippen LogP contribution in [0.2, 0.25) is 0 Å². The number of likely N-dealkylation sites (N-methyl/N-ethyl adjacent to an activating group) is 1. The molecule has 1 amide bonds. The van der Waals surface area contributed by atoms with Gasteiger partial charge in [0.15, 0.2) is 0 Å². The fraction of sp³-hybridized carbons (Fsp3) is 0.348. The molecule has 0 saturated heterocycles. The van der Waals surface area contributed by atoms with Crippen molar-refractivity contribution in [1.29, 1.82) is 0 Å². The molecule has 164 valence electrons. The monoisotopic (exact) mass is 424 g/mol. The van der Waals surface area contributed by atoms with Gasteiger partial charge in [0.1, 0.15) is 17.1 Å². The van der Waals surface area contributed by atoms with E-state index in [-0.39, 0.29) is 12.5 Å². The van der Waals surface area contributed by atoms with Crippen LogP contribution in [0.25, 0.3) is 5.69 Å². The molecule has 0 aliphatic heterocycles. The predicted molar refractivity (Wildman–Crippen MR) is 118 cm³/mol. The Balaban J connectivity index is 1.65. The summed E-state index contributed by atoms with van der Waals surface area (Å²) in [5.41, 5.74) is 4.83. The number of methoxy groups -OCH3 is 1. The fourth-order valence-electron chi connectivity index (χ4n) is 3.44. The number of esters is 1. The number of furan rings is 1. The van der Waals surface area contributed by atoms with E-state index in [9.17, 15) is 9.59 Å². The van der Waals surface area contributed by atoms with Crippen LogP contribution in [-0.4, -0.2) is 47.3 Å². The van der Waals surface area contributed by atoms with Crippen LogP contribution >= 0.6 is 0 Å². The number of amides is 1. The summed E-state index contributed by atoms with van der Waals surface area (Å²) in [6, 6.07) is 9.71. The van der Waals surface area contributed by atoms with Gasteiger partial charge < -0.3 is 14.5 Å². The Morgan fingerprint density at radius 3 is 2.48 bits per heavy atom. The first-order chi connectivity index (χ1) is 14.7. The predicted octanol–water partition coefficient (Wildman–Crippen LogP) is 3.56. The zero-order valence-corrected chi connectivity index (χ0v) is 18.8. The summed E-state index contributed by atoms with van der Waals surface area (Å²) in [5.74, 6) is 0.486. The van der Waals surface area contributed by atoms with Gasteiger partial charge in [-0.05, 0) is 52.9 Å². The van der Waals surface area contributed by atoms with Gasteiger partial charge in [0.25, 0.3) is 0 Å². The molecule has 1 aromatic carbocycles. The summed E-state index contributed by atoms with van der Waals surface area (Å²) in [7, 11) is 3.14. The maximum absolute atomic E-state index is 12.6. The van der Waals surface area contributed by atoms with E-state index in [4.69, 9.17) is 9.15 Å². The van der Waals surface area contributed by atoms with Gasteiger partial charge in [-0.25, -0.2) is 9.48 Å². The van der Waals surface area contributed by atoms with Crippen molar-refractivity contribution in [3.8, 4) is 5.69 Å². The van der Waals surface area contributed by atoms with Crippen molar-refractivity contribution >= 4 is 17.6 Å². The molecule has 31 heavy (non-hydrogen) atoms. The molecule has 8 nitrogen and oxygen atoms in total. The van der Waals surface area contributed by atoms with Crippen LogP contribution in [0.1, 0.15) is 38.8 Å². The number of benzene rings is 1. The first-order valence-electron chi connectivity index (χ1n) is 9.99. The molecular weight excluding hydrogens is 396 g/mol. The van der Waals surface area contributed by atoms with Gasteiger partial charge in [-0.15, -0.1) is 0 Å². The number of anilines is 1. The number of hydrogen-bond acceptors (Lipinski definition) is 6. The molecule has 0 saturated carbocycles. The van der Waals surface area contributed by atoms with Crippen molar-refractivity contribution in [3.63, 3.8) is 0 Å². The topological polar surface area (TPSA) is 89.6 Å². The Hall–Kier alpha value is -3.39. The number of nitrogens with zero attached hydrogens (tertiary/aromatic N) is 3. The van der Waals surface area contributed by atoms with Crippen LogP contribution in [0, 0.1) is 27.7 Å². The summed E-state index contributed by atoms with van der Waals surface area (Å²) >= 11 is 0. The highest BCUT2D eigenvalue weighted by atomic mass is 16.5. The van der Waals surface area contributed by atoms with E-state index in [1.54, 1.807) is 13.0 Å². The number of aromatic nitrogens is 2. The minimum atomic E-state index is -0.440. The molecule has 8 heteroatoms. The summed E-state index contributed by atoms with van der Waals surface area (Å²) in [5, 5.41) is 7.55. The number of aryl methyl sites for hydroxylation is 3. The molecule has 0 atom stereocenters. The van der Waals surface area contributed by atoms with Crippen LogP contribution in [0.4, 0.5) is 5.69 Å². The van der Waals surface area contributed by atoms with Crippen molar-refractivity contribution < 1.29 is 18.7 Å². The highest BCUT2D eigenvalue weighted by molar-refractivity contribution is 5.93. The first-order valence-corrected chi connectivity index (χ1v) is 9.99. The largest absolute Gasteiger partial charge is 0.465 e. The number of ether oxygens (including phenoxy) is 1. The van der Waals surface area contributed by atoms with E-state index in [0.29, 0.717) is 29.3 Å². The van der Waals surface area contributed by atoms with Gasteiger partial charge in [-0.3, -0.25) is 9.69 Å². The van der Waals surface area contributed by atoms with Gasteiger partial charge in [-0.1, -0.05) is 17.7 Å². The van der Waals surface area contributed by atoms with Gasteiger partial charge >= 0.3 is 5.97 Å². The SMILES string of the molecule is COC(=O)c1cc(CN(C)CC(=O)Nc2c(C)nn(-c3ccc(C)cc3)c2C)oc1C. The van der Waals surface area contributed by atoms with Crippen molar-refractivity contribution in [2.45, 2.75) is 34.2 Å². The Labute approximate surface area is 181 Å². The average molecular weight is 425 g/mol. The lowest BCUT2D eigenvalue weighted by Gasteiger charge is -2.15. The number of carbonyl (C=O) groups excluding carboxylic acids is 2. The lowest BCUT2D eigenvalue weighted by atomic mass is 10.2. The Bertz CT molecular complexity index is 1100. The van der Waals surface area contributed by atoms with Crippen LogP contribution in [0.3, 0.4) is 0 Å². The van der Waals surface area contributed by atoms with Crippen molar-refractivity contribution in [1.82, 2.24) is 14.7 Å². The van der Waals surface area contributed by atoms with E-state index in [1.165, 1.54) is 12.7 Å². The van der Waals surface area contributed by atoms with E-state index in [2.05, 4.69) is 10.4 Å². The third-order valence-corrected chi connectivity index (χ3v) is 5.05. The zero-order chi connectivity index (χ0) is 22.7. The first kappa shape index (κ1) is 22.3. The summed E-state index contributed by atoms with van der Waals surface area (Å²) in [4.78, 5) is 26.2. The van der Waals surface area contributed by atoms with Crippen LogP contribution < -0.4 is 5.32 Å². The average Bonchev–Trinajstić information content (AvgIpc) is 3.21. The molecule has 3 aromatic rings. The number of hydrogen-bond donors (Lipinski definition) is 1. The summed E-state index contributed by atoms with van der Waals surface area (Å²) in [6.07, 6.45) is 0. The lowest BCUT2D eigenvalue weighted by Crippen LogP contribution is -2.30. The van der Waals surface area contributed by atoms with Gasteiger partial charge in [0.2, 0.25) is 5.91 Å². The summed E-state index contributed by atoms with van der Waals surface area (Å²) < 4.78 is 12.2.